The van der Waals surface area contributed by atoms with Crippen molar-refractivity contribution in [3.63, 3.8) is 0 Å². The van der Waals surface area contributed by atoms with Crippen LogP contribution in [0.1, 0.15) is 40.0 Å². The van der Waals surface area contributed by atoms with E-state index >= 15 is 0 Å². The molecule has 15 nitrogen and oxygen atoms in total. The van der Waals surface area contributed by atoms with Crippen LogP contribution in [0.15, 0.2) is 0 Å². The number of aliphatic hydroxyl groups excluding tert-OH is 3. The van der Waals surface area contributed by atoms with Crippen LogP contribution < -0.4 is 22.1 Å². The lowest BCUT2D eigenvalue weighted by atomic mass is 9.82. The highest BCUT2D eigenvalue weighted by molar-refractivity contribution is 5.89. The van der Waals surface area contributed by atoms with E-state index in [-0.39, 0.29) is 50.7 Å². The van der Waals surface area contributed by atoms with E-state index in [1.165, 1.54) is 0 Å². The highest BCUT2D eigenvalue weighted by atomic mass is 16.7. The van der Waals surface area contributed by atoms with Gasteiger partial charge in [0, 0.05) is 25.1 Å². The molecule has 7 unspecified atom stereocenters. The summed E-state index contributed by atoms with van der Waals surface area (Å²) in [4.78, 5) is 0. The zero-order valence-corrected chi connectivity index (χ0v) is 24.7. The Morgan fingerprint density at radius 2 is 1.74 bits per heavy atom. The van der Waals surface area contributed by atoms with Crippen LogP contribution in [0.25, 0.3) is 0 Å². The fraction of sp³-hybridized carbons (Fsp3) is 0.963. The molecule has 0 aromatic rings. The number of amidine groups is 1. The Morgan fingerprint density at radius 1 is 1.05 bits per heavy atom. The molecule has 4 fully saturated rings. The Morgan fingerprint density at radius 3 is 2.38 bits per heavy atom. The first-order valence-electron chi connectivity index (χ1n) is 14.9. The molecule has 3 aliphatic heterocycles. The molecule has 0 amide bonds. The highest BCUT2D eigenvalue weighted by Gasteiger charge is 2.52. The Labute approximate surface area is 246 Å². The summed E-state index contributed by atoms with van der Waals surface area (Å²) < 4.78 is 29.3. The lowest BCUT2D eigenvalue weighted by Crippen LogP contribution is -2.70. The Kier molecular flexibility index (Phi) is 11.2. The first-order chi connectivity index (χ1) is 19.8. The summed E-state index contributed by atoms with van der Waals surface area (Å²) in [5.41, 5.74) is 10.1. The van der Waals surface area contributed by atoms with Crippen molar-refractivity contribution in [3.8, 4) is 0 Å². The summed E-state index contributed by atoms with van der Waals surface area (Å²) in [6, 6.07) is -1.94. The Bertz CT molecular complexity index is 897. The van der Waals surface area contributed by atoms with Gasteiger partial charge >= 0.3 is 0 Å². The summed E-state index contributed by atoms with van der Waals surface area (Å²) in [6.07, 6.45) is -5.35. The number of ether oxygens (including phenoxy) is 5. The summed E-state index contributed by atoms with van der Waals surface area (Å²) in [6.45, 7) is 6.25. The zero-order valence-electron chi connectivity index (χ0n) is 24.7. The molecule has 15 heteroatoms. The van der Waals surface area contributed by atoms with Gasteiger partial charge in [-0.15, -0.1) is 0 Å². The minimum atomic E-state index is -1.48. The van der Waals surface area contributed by atoms with Gasteiger partial charge in [0.25, 0.3) is 0 Å². The number of hydrogen-bond acceptors (Lipinski definition) is 14. The molecule has 3 heterocycles. The van der Waals surface area contributed by atoms with Crippen molar-refractivity contribution < 1.29 is 49.2 Å². The molecule has 4 rings (SSSR count). The normalized spacial score (nSPS) is 44.7. The lowest BCUT2D eigenvalue weighted by Gasteiger charge is -2.49. The second-order valence-corrected chi connectivity index (χ2v) is 12.9. The molecular weight excluding hydrogens is 554 g/mol. The minimum absolute atomic E-state index is 0.0414. The third kappa shape index (κ3) is 7.59. The molecule has 244 valence electrons. The molecule has 3 saturated heterocycles. The third-order valence-electron chi connectivity index (χ3n) is 9.06. The van der Waals surface area contributed by atoms with Gasteiger partial charge < -0.3 is 71.3 Å². The van der Waals surface area contributed by atoms with Gasteiger partial charge in [0.1, 0.15) is 30.3 Å². The average molecular weight is 606 g/mol. The van der Waals surface area contributed by atoms with Crippen molar-refractivity contribution in [2.75, 3.05) is 39.5 Å². The van der Waals surface area contributed by atoms with E-state index in [1.54, 1.807) is 13.8 Å². The van der Waals surface area contributed by atoms with Crippen molar-refractivity contribution in [2.24, 2.45) is 23.3 Å². The van der Waals surface area contributed by atoms with E-state index < -0.39 is 72.2 Å². The number of nitrogens with two attached hydrogens (primary N) is 2. The van der Waals surface area contributed by atoms with E-state index in [2.05, 4.69) is 10.6 Å². The van der Waals surface area contributed by atoms with Crippen molar-refractivity contribution in [2.45, 2.75) is 112 Å². The molecule has 0 bridgehead atoms. The quantitative estimate of drug-likeness (QED) is 0.0819. The van der Waals surface area contributed by atoms with Crippen LogP contribution in [0.4, 0.5) is 0 Å². The van der Waals surface area contributed by atoms with Crippen LogP contribution in [0, 0.1) is 17.2 Å². The average Bonchev–Trinajstić information content (AvgIpc) is 2.93. The van der Waals surface area contributed by atoms with Crippen LogP contribution >= 0.6 is 0 Å². The summed E-state index contributed by atoms with van der Waals surface area (Å²) >= 11 is 0. The predicted octanol–water partition coefficient (Wildman–Crippen LogP) is -3.30. The van der Waals surface area contributed by atoms with Gasteiger partial charge in [-0.1, -0.05) is 13.8 Å². The Hall–Kier alpha value is -1.05. The van der Waals surface area contributed by atoms with Crippen LogP contribution in [0.3, 0.4) is 0 Å². The van der Waals surface area contributed by atoms with Gasteiger partial charge in [-0.25, -0.2) is 0 Å². The maximum absolute atomic E-state index is 11.6. The zero-order chi connectivity index (χ0) is 30.8. The van der Waals surface area contributed by atoms with E-state index in [0.717, 1.165) is 0 Å². The fourth-order valence-corrected chi connectivity index (χ4v) is 5.72. The van der Waals surface area contributed by atoms with Crippen LogP contribution in [-0.4, -0.2) is 143 Å². The summed E-state index contributed by atoms with van der Waals surface area (Å²) in [5, 5.41) is 67.5. The van der Waals surface area contributed by atoms with Crippen molar-refractivity contribution >= 4 is 5.84 Å². The van der Waals surface area contributed by atoms with Crippen molar-refractivity contribution in [3.05, 3.63) is 0 Å². The lowest BCUT2D eigenvalue weighted by molar-refractivity contribution is -0.313. The first kappa shape index (κ1) is 33.8. The standard InChI is InChI=1S/C27H51N5O10/c1-13(9-33)7-31-8-15-4-5-16(28)23(40-15)41-21-17(29)6-18(32-25(30)27(37)11-38-12-27)22(20(21)35)42-24-19(34)14(2)26(3,36)10-39-24/h13-24,31,33-37H,4-12,28-29H2,1-3H3,(H2,30,32)/t13?,14-,15+,16?,17+,18-,19?,20?,21?,22?,23-,24-,26?/m1/s1. The molecule has 0 spiro atoms. The molecule has 1 saturated carbocycles. The summed E-state index contributed by atoms with van der Waals surface area (Å²) in [7, 11) is 0. The molecule has 12 N–H and O–H groups in total. The maximum atomic E-state index is 11.6. The van der Waals surface area contributed by atoms with Crippen LogP contribution in [-0.2, 0) is 23.7 Å². The smallest absolute Gasteiger partial charge is 0.184 e. The van der Waals surface area contributed by atoms with E-state index in [1.807, 2.05) is 6.92 Å². The number of hydrogen-bond donors (Lipinski definition) is 10. The van der Waals surface area contributed by atoms with Crippen LogP contribution in [0.5, 0.6) is 0 Å². The monoisotopic (exact) mass is 605 g/mol. The highest BCUT2D eigenvalue weighted by Crippen LogP contribution is 2.34. The predicted molar refractivity (Wildman–Crippen MR) is 149 cm³/mol. The SMILES string of the molecule is CC(CO)CNC[C@@H]1CCC(N)[C@@H](OC2C(O)C(O[C@H]3OCC(C)(O)[C@H](C)C3O)[C@H](NC(=N)C3(O)COC3)C[C@@H]2N)O1. The van der Waals surface area contributed by atoms with Crippen LogP contribution in [0.2, 0.25) is 0 Å². The van der Waals surface area contributed by atoms with Crippen molar-refractivity contribution in [1.82, 2.24) is 10.6 Å². The largest absolute Gasteiger partial charge is 0.396 e. The molecule has 0 aromatic carbocycles. The van der Waals surface area contributed by atoms with Gasteiger partial charge in [0.15, 0.2) is 18.2 Å². The molecule has 1 aliphatic carbocycles. The first-order valence-corrected chi connectivity index (χ1v) is 14.9. The molecular formula is C27H51N5O10. The van der Waals surface area contributed by atoms with Gasteiger partial charge in [0.2, 0.25) is 0 Å². The van der Waals surface area contributed by atoms with Gasteiger partial charge in [-0.05, 0) is 38.6 Å². The molecule has 4 aliphatic rings. The second-order valence-electron chi connectivity index (χ2n) is 12.9. The third-order valence-corrected chi connectivity index (χ3v) is 9.06. The molecule has 0 aromatic heterocycles. The maximum Gasteiger partial charge on any atom is 0.184 e. The van der Waals surface area contributed by atoms with Crippen molar-refractivity contribution in [1.29, 1.82) is 5.41 Å². The topological polar surface area (TPSA) is 247 Å². The van der Waals surface area contributed by atoms with E-state index in [0.29, 0.717) is 25.9 Å². The minimum Gasteiger partial charge on any atom is -0.396 e. The fourth-order valence-electron chi connectivity index (χ4n) is 5.72. The van der Waals surface area contributed by atoms with E-state index in [4.69, 9.17) is 40.6 Å². The second kappa shape index (κ2) is 13.9. The Balaban J connectivity index is 1.46. The number of aliphatic hydroxyl groups is 5. The molecule has 0 radical (unpaired) electrons. The van der Waals surface area contributed by atoms with Gasteiger partial charge in [-0.3, -0.25) is 5.41 Å². The molecule has 42 heavy (non-hydrogen) atoms. The van der Waals surface area contributed by atoms with Gasteiger partial charge in [0.05, 0.1) is 43.6 Å². The number of nitrogens with one attached hydrogen (secondary N) is 3. The van der Waals surface area contributed by atoms with Gasteiger partial charge in [-0.2, -0.15) is 0 Å². The summed E-state index contributed by atoms with van der Waals surface area (Å²) in [5.74, 6) is -0.684. The van der Waals surface area contributed by atoms with E-state index in [9.17, 15) is 25.5 Å². The molecule has 13 atom stereocenters. The number of rotatable bonds is 11.